The van der Waals surface area contributed by atoms with Crippen molar-refractivity contribution in [3.05, 3.63) is 164 Å². The zero-order valence-corrected chi connectivity index (χ0v) is 27.2. The summed E-state index contributed by atoms with van der Waals surface area (Å²) in [7, 11) is 0. The molecule has 0 aliphatic carbocycles. The Morgan fingerprint density at radius 1 is 0.460 bits per heavy atom. The number of hydrogen-bond donors (Lipinski definition) is 0. The SMILES string of the molecule is [2H]c1c([2H])c([2H])c(-c2cccc(-c3nc(-c4ccccc4)nc(-c4cccc5oc6cccc(-c7cccc8c7sc7ccccc78)c6c45)n3)c2)c([2H])c1[2H]. The number of nitrogens with zero attached hydrogens (tertiary/aromatic N) is 3. The van der Waals surface area contributed by atoms with Gasteiger partial charge in [0.1, 0.15) is 11.2 Å². The normalized spacial score (nSPS) is 13.0. The summed E-state index contributed by atoms with van der Waals surface area (Å²) in [5.74, 6) is 1.28. The Balaban J connectivity index is 1.21. The van der Waals surface area contributed by atoms with Gasteiger partial charge in [0.15, 0.2) is 17.5 Å². The van der Waals surface area contributed by atoms with Crippen molar-refractivity contribution in [3.63, 3.8) is 0 Å². The Bertz CT molecular complexity index is 3150. The zero-order chi connectivity index (χ0) is 37.4. The van der Waals surface area contributed by atoms with Crippen LogP contribution in [0.4, 0.5) is 0 Å². The maximum atomic E-state index is 8.60. The summed E-state index contributed by atoms with van der Waals surface area (Å²) in [5.41, 5.74) is 6.37. The van der Waals surface area contributed by atoms with Crippen molar-refractivity contribution >= 4 is 53.4 Å². The summed E-state index contributed by atoms with van der Waals surface area (Å²) in [5, 5.41) is 4.29. The van der Waals surface area contributed by atoms with E-state index in [9.17, 15) is 0 Å². The molecule has 0 saturated carbocycles. The van der Waals surface area contributed by atoms with Crippen molar-refractivity contribution in [2.45, 2.75) is 0 Å². The highest BCUT2D eigenvalue weighted by molar-refractivity contribution is 7.26. The molecule has 0 bridgehead atoms. The van der Waals surface area contributed by atoms with E-state index < -0.39 is 18.1 Å². The lowest BCUT2D eigenvalue weighted by molar-refractivity contribution is 0.669. The van der Waals surface area contributed by atoms with Gasteiger partial charge in [-0.2, -0.15) is 0 Å². The van der Waals surface area contributed by atoms with Gasteiger partial charge in [0.2, 0.25) is 0 Å². The molecule has 0 fully saturated rings. The largest absolute Gasteiger partial charge is 0.456 e. The minimum Gasteiger partial charge on any atom is -0.456 e. The molecular formula is C45H27N3OS. The predicted octanol–water partition coefficient (Wildman–Crippen LogP) is 12.5. The predicted molar refractivity (Wildman–Crippen MR) is 207 cm³/mol. The maximum Gasteiger partial charge on any atom is 0.164 e. The Labute approximate surface area is 299 Å². The molecule has 0 atom stereocenters. The molecule has 0 amide bonds. The monoisotopic (exact) mass is 662 g/mol. The molecule has 0 spiro atoms. The van der Waals surface area contributed by atoms with Gasteiger partial charge in [-0.15, -0.1) is 11.3 Å². The first-order valence-electron chi connectivity index (χ1n) is 18.7. The summed E-state index contributed by atoms with van der Waals surface area (Å²) in [6.07, 6.45) is 0. The minimum atomic E-state index is -0.436. The molecule has 10 rings (SSSR count). The smallest absolute Gasteiger partial charge is 0.164 e. The van der Waals surface area contributed by atoms with Crippen molar-refractivity contribution in [2.24, 2.45) is 0 Å². The van der Waals surface area contributed by atoms with Gasteiger partial charge in [-0.1, -0.05) is 139 Å². The first-order chi connectivity index (χ1) is 26.9. The molecule has 5 heteroatoms. The third-order valence-electron chi connectivity index (χ3n) is 9.03. The lowest BCUT2D eigenvalue weighted by Crippen LogP contribution is -2.00. The lowest BCUT2D eigenvalue weighted by atomic mass is 9.96. The van der Waals surface area contributed by atoms with Crippen LogP contribution < -0.4 is 0 Å². The first kappa shape index (κ1) is 23.8. The molecule has 234 valence electrons. The van der Waals surface area contributed by atoms with Gasteiger partial charge in [-0.05, 0) is 41.0 Å². The Kier molecular flexibility index (Phi) is 5.54. The van der Waals surface area contributed by atoms with Crippen molar-refractivity contribution in [1.29, 1.82) is 0 Å². The number of rotatable bonds is 5. The fraction of sp³-hybridized carbons (Fsp3) is 0. The molecule has 0 aliphatic heterocycles. The second-order valence-corrected chi connectivity index (χ2v) is 13.0. The molecule has 0 aliphatic rings. The summed E-state index contributed by atoms with van der Waals surface area (Å²) < 4.78 is 50.7. The maximum absolute atomic E-state index is 8.60. The molecule has 0 unspecified atom stereocenters. The van der Waals surface area contributed by atoms with E-state index in [-0.39, 0.29) is 17.6 Å². The van der Waals surface area contributed by atoms with Crippen LogP contribution in [-0.4, -0.2) is 15.0 Å². The van der Waals surface area contributed by atoms with Gasteiger partial charge < -0.3 is 4.42 Å². The highest BCUT2D eigenvalue weighted by atomic mass is 32.1. The van der Waals surface area contributed by atoms with Crippen LogP contribution in [0.3, 0.4) is 0 Å². The molecule has 3 heterocycles. The Hall–Kier alpha value is -6.43. The number of hydrogen-bond acceptors (Lipinski definition) is 5. The number of aromatic nitrogens is 3. The van der Waals surface area contributed by atoms with E-state index in [2.05, 4.69) is 48.5 Å². The van der Waals surface area contributed by atoms with Gasteiger partial charge in [0.05, 0.1) is 6.85 Å². The van der Waals surface area contributed by atoms with Crippen LogP contribution in [0.2, 0.25) is 0 Å². The van der Waals surface area contributed by atoms with Gasteiger partial charge in [0.25, 0.3) is 0 Å². The molecule has 7 aromatic carbocycles. The van der Waals surface area contributed by atoms with Crippen molar-refractivity contribution in [2.75, 3.05) is 0 Å². The zero-order valence-electron chi connectivity index (χ0n) is 31.4. The second kappa shape index (κ2) is 11.6. The highest BCUT2D eigenvalue weighted by Gasteiger charge is 2.21. The molecule has 0 saturated heterocycles. The fourth-order valence-electron chi connectivity index (χ4n) is 6.79. The fourth-order valence-corrected chi connectivity index (χ4v) is 8.02. The first-order valence-corrected chi connectivity index (χ1v) is 17.0. The Morgan fingerprint density at radius 3 is 1.90 bits per heavy atom. The molecule has 3 aromatic heterocycles. The van der Waals surface area contributed by atoms with Crippen LogP contribution in [0.25, 0.3) is 98.5 Å². The van der Waals surface area contributed by atoms with Crippen LogP contribution in [0, 0.1) is 0 Å². The van der Waals surface area contributed by atoms with E-state index in [4.69, 9.17) is 26.2 Å². The highest BCUT2D eigenvalue weighted by Crippen LogP contribution is 2.45. The molecular weight excluding hydrogens is 631 g/mol. The van der Waals surface area contributed by atoms with E-state index in [1.54, 1.807) is 29.5 Å². The standard InChI is InChI=1S/C45H27N3OS/c1-3-13-28(14-4-1)30-17-9-18-31(27-30)44-46-43(29-15-5-2-6-16-29)47-45(48-44)36-23-12-25-38-41(36)40-33(20-11-24-37(40)49-38)35-22-10-21-34-32-19-7-8-26-39(32)50-42(34)35/h1-27H/i1D,3D,4D,13D,14D. The van der Waals surface area contributed by atoms with Crippen molar-refractivity contribution in [1.82, 2.24) is 15.0 Å². The average molecular weight is 663 g/mol. The summed E-state index contributed by atoms with van der Waals surface area (Å²) in [6, 6.07) is 42.1. The molecule has 50 heavy (non-hydrogen) atoms. The summed E-state index contributed by atoms with van der Waals surface area (Å²) in [6.45, 7) is 0. The topological polar surface area (TPSA) is 51.8 Å². The van der Waals surface area contributed by atoms with Crippen molar-refractivity contribution < 1.29 is 11.3 Å². The van der Waals surface area contributed by atoms with Crippen LogP contribution >= 0.6 is 11.3 Å². The molecule has 10 aromatic rings. The van der Waals surface area contributed by atoms with E-state index >= 15 is 0 Å². The number of thiophene rings is 1. The second-order valence-electron chi connectivity index (χ2n) is 12.0. The lowest BCUT2D eigenvalue weighted by Gasteiger charge is -2.11. The van der Waals surface area contributed by atoms with E-state index in [0.717, 1.165) is 38.6 Å². The van der Waals surface area contributed by atoms with Gasteiger partial charge in [-0.25, -0.2) is 15.0 Å². The quantitative estimate of drug-likeness (QED) is 0.184. The van der Waals surface area contributed by atoms with Gasteiger partial charge in [-0.3, -0.25) is 0 Å². The molecule has 4 nitrogen and oxygen atoms in total. The van der Waals surface area contributed by atoms with Crippen LogP contribution in [0.15, 0.2) is 168 Å². The van der Waals surface area contributed by atoms with Gasteiger partial charge >= 0.3 is 0 Å². The third kappa shape index (κ3) is 4.71. The summed E-state index contributed by atoms with van der Waals surface area (Å²) in [4.78, 5) is 15.1. The van der Waals surface area contributed by atoms with E-state index in [0.29, 0.717) is 34.2 Å². The molecule has 0 N–H and O–H groups in total. The van der Waals surface area contributed by atoms with Gasteiger partial charge in [0, 0.05) is 53.2 Å². The van der Waals surface area contributed by atoms with Crippen LogP contribution in [-0.2, 0) is 0 Å². The number of furan rings is 1. The average Bonchev–Trinajstić information content (AvgIpc) is 3.81. The third-order valence-corrected chi connectivity index (χ3v) is 10.3. The minimum absolute atomic E-state index is 0.112. The van der Waals surface area contributed by atoms with E-state index in [1.165, 1.54) is 20.2 Å². The molecule has 0 radical (unpaired) electrons. The summed E-state index contributed by atoms with van der Waals surface area (Å²) >= 11 is 1.79. The number of fused-ring (bicyclic) bond motifs is 6. The van der Waals surface area contributed by atoms with Crippen LogP contribution in [0.1, 0.15) is 6.85 Å². The number of benzene rings is 7. The Morgan fingerprint density at radius 2 is 1.06 bits per heavy atom. The van der Waals surface area contributed by atoms with Crippen LogP contribution in [0.5, 0.6) is 0 Å². The van der Waals surface area contributed by atoms with E-state index in [1.807, 2.05) is 66.7 Å². The van der Waals surface area contributed by atoms with Crippen molar-refractivity contribution in [3.8, 4) is 56.4 Å².